The maximum atomic E-state index is 14.7. The Bertz CT molecular complexity index is 1800. The lowest BCUT2D eigenvalue weighted by Crippen LogP contribution is -2.54. The predicted molar refractivity (Wildman–Crippen MR) is 222 cm³/mol. The van der Waals surface area contributed by atoms with Gasteiger partial charge in [0.2, 0.25) is 0 Å². The topological polar surface area (TPSA) is 87.1 Å². The molecule has 296 valence electrons. The van der Waals surface area contributed by atoms with E-state index in [4.69, 9.17) is 4.74 Å². The number of carbonyl (C=O) groups is 2. The van der Waals surface area contributed by atoms with Gasteiger partial charge in [0.15, 0.2) is 5.78 Å². The van der Waals surface area contributed by atoms with E-state index >= 15 is 0 Å². The van der Waals surface area contributed by atoms with Crippen LogP contribution in [0.3, 0.4) is 0 Å². The summed E-state index contributed by atoms with van der Waals surface area (Å²) in [5.74, 6) is 1.10. The molecule has 0 spiro atoms. The molecule has 0 radical (unpaired) electrons. The minimum absolute atomic E-state index is 0.0517. The van der Waals surface area contributed by atoms with Crippen LogP contribution in [-0.4, -0.2) is 57.9 Å². The highest BCUT2D eigenvalue weighted by molar-refractivity contribution is 6.10. The summed E-state index contributed by atoms with van der Waals surface area (Å²) in [5, 5.41) is 24.1. The van der Waals surface area contributed by atoms with Gasteiger partial charge < -0.3 is 19.8 Å². The van der Waals surface area contributed by atoms with Gasteiger partial charge in [0.1, 0.15) is 6.10 Å². The number of benzene rings is 3. The molecule has 0 aliphatic heterocycles. The molecule has 2 bridgehead atoms. The van der Waals surface area contributed by atoms with Crippen LogP contribution in [0.2, 0.25) is 0 Å². The van der Waals surface area contributed by atoms with Crippen LogP contribution >= 0.6 is 0 Å². The number of aliphatic hydroxyl groups is 2. The first-order chi connectivity index (χ1) is 26.3. The number of allylic oxidation sites excluding steroid dienone is 2. The smallest absolute Gasteiger partial charge is 0.410 e. The Morgan fingerprint density at radius 2 is 1.67 bits per heavy atom. The Morgan fingerprint density at radius 3 is 2.38 bits per heavy atom. The van der Waals surface area contributed by atoms with E-state index in [9.17, 15) is 19.8 Å². The van der Waals surface area contributed by atoms with Crippen molar-refractivity contribution >= 4 is 11.9 Å². The third-order valence-corrected chi connectivity index (χ3v) is 13.6. The average Bonchev–Trinajstić information content (AvgIpc) is 3.42. The largest absolute Gasteiger partial charge is 0.446 e. The van der Waals surface area contributed by atoms with Crippen LogP contribution in [0.4, 0.5) is 4.79 Å². The van der Waals surface area contributed by atoms with E-state index in [0.717, 1.165) is 60.8 Å². The summed E-state index contributed by atoms with van der Waals surface area (Å²) in [6.45, 7) is 13.8. The second-order valence-electron chi connectivity index (χ2n) is 17.9. The second-order valence-corrected chi connectivity index (χ2v) is 17.9. The predicted octanol–water partition coefficient (Wildman–Crippen LogP) is 10.9. The lowest BCUT2D eigenvalue weighted by Gasteiger charge is -2.46. The molecule has 7 rings (SSSR count). The first-order valence-electron chi connectivity index (χ1n) is 21.2. The lowest BCUT2D eigenvalue weighted by molar-refractivity contribution is -0.0862. The Kier molecular flexibility index (Phi) is 13.1. The lowest BCUT2D eigenvalue weighted by atomic mass is 9.64. The van der Waals surface area contributed by atoms with E-state index < -0.39 is 17.1 Å². The summed E-state index contributed by atoms with van der Waals surface area (Å²) in [6.07, 6.45) is 9.74. The third-order valence-electron chi connectivity index (χ3n) is 13.6. The van der Waals surface area contributed by atoms with Crippen LogP contribution in [0.5, 0.6) is 0 Å². The summed E-state index contributed by atoms with van der Waals surface area (Å²) in [6, 6.07) is 24.2. The van der Waals surface area contributed by atoms with Crippen molar-refractivity contribution in [2.24, 2.45) is 23.2 Å². The normalized spacial score (nSPS) is 28.6. The zero-order valence-corrected chi connectivity index (χ0v) is 34.2. The van der Waals surface area contributed by atoms with Crippen LogP contribution < -0.4 is 0 Å². The van der Waals surface area contributed by atoms with E-state index in [1.54, 1.807) is 4.90 Å². The number of hydrogen-bond acceptors (Lipinski definition) is 5. The van der Waals surface area contributed by atoms with Crippen LogP contribution in [-0.2, 0) is 11.2 Å². The molecular weight excluding hydrogens is 683 g/mol. The fraction of sp³-hybridized carbons (Fsp3) is 0.551. The molecule has 4 aliphatic rings. The summed E-state index contributed by atoms with van der Waals surface area (Å²) in [7, 11) is 0. The summed E-state index contributed by atoms with van der Waals surface area (Å²) >= 11 is 0. The number of amides is 1. The molecule has 4 aliphatic carbocycles. The molecule has 6 nitrogen and oxygen atoms in total. The molecule has 0 heterocycles. The summed E-state index contributed by atoms with van der Waals surface area (Å²) < 4.78 is 6.39. The molecule has 0 aromatic heterocycles. The molecule has 7 unspecified atom stereocenters. The molecule has 3 aromatic carbocycles. The Morgan fingerprint density at radius 1 is 0.945 bits per heavy atom. The third kappa shape index (κ3) is 9.13. The highest BCUT2D eigenvalue weighted by atomic mass is 16.6. The molecule has 1 amide bonds. The number of fused-ring (bicyclic) bond motifs is 8. The minimum atomic E-state index is -1.20. The van der Waals surface area contributed by atoms with Crippen molar-refractivity contribution in [2.45, 2.75) is 136 Å². The van der Waals surface area contributed by atoms with Gasteiger partial charge in [0, 0.05) is 23.1 Å². The van der Waals surface area contributed by atoms with Gasteiger partial charge in [0.05, 0.1) is 18.2 Å². The van der Waals surface area contributed by atoms with Crippen molar-refractivity contribution in [1.29, 1.82) is 0 Å². The van der Waals surface area contributed by atoms with Gasteiger partial charge in [-0.25, -0.2) is 4.79 Å². The van der Waals surface area contributed by atoms with Gasteiger partial charge in [-0.3, -0.25) is 4.79 Å². The highest BCUT2D eigenvalue weighted by Crippen LogP contribution is 2.59. The van der Waals surface area contributed by atoms with E-state index in [2.05, 4.69) is 71.9 Å². The van der Waals surface area contributed by atoms with Crippen molar-refractivity contribution in [3.8, 4) is 11.1 Å². The molecular formula is C49H65NO5. The maximum absolute atomic E-state index is 14.7. The van der Waals surface area contributed by atoms with Crippen LogP contribution in [0.1, 0.15) is 139 Å². The standard InChI is InChI=1S/C49H65NO5/c1-7-28-50(47(53)55-45-29-35(5)16-23-41(45)33(2)3)32-49(54)27-25-44-42-24-17-36(30-40(51)22-15-34(4)12-11-26-48(44,49)6)31-43(42)46(52)39-20-18-38(19-21-39)37-13-9-8-10-14-37/h8-10,12-14,17-21,24,31,33,35,40-41,44-45,51,54H,7,11,15-16,22-23,25-30,32H2,1-6H3. The number of ketones is 1. The quantitative estimate of drug-likeness (QED) is 0.168. The van der Waals surface area contributed by atoms with E-state index in [-0.39, 0.29) is 30.4 Å². The number of aliphatic hydroxyl groups excluding tert-OH is 1. The van der Waals surface area contributed by atoms with E-state index in [0.29, 0.717) is 67.5 Å². The summed E-state index contributed by atoms with van der Waals surface area (Å²) in [4.78, 5) is 30.6. The SMILES string of the molecule is CCCN(CC1(O)CCC2c3ccc(cc3C(=O)c3ccc(-c4ccccc4)cc3)CC(O)CCC(C)=CCCC21C)C(=O)OC1CC(C)CCC1C(C)C. The molecule has 6 heteroatoms. The maximum Gasteiger partial charge on any atom is 0.410 e. The van der Waals surface area contributed by atoms with E-state index in [1.807, 2.05) is 48.5 Å². The summed E-state index contributed by atoms with van der Waals surface area (Å²) in [5.41, 5.74) is 4.66. The molecule has 7 atom stereocenters. The first kappa shape index (κ1) is 40.9. The molecule has 2 saturated carbocycles. The van der Waals surface area contributed by atoms with Crippen molar-refractivity contribution in [2.75, 3.05) is 13.1 Å². The van der Waals surface area contributed by atoms with Gasteiger partial charge in [0.25, 0.3) is 0 Å². The minimum Gasteiger partial charge on any atom is -0.446 e. The van der Waals surface area contributed by atoms with Gasteiger partial charge in [-0.05, 0) is 123 Å². The van der Waals surface area contributed by atoms with Gasteiger partial charge in [-0.15, -0.1) is 0 Å². The van der Waals surface area contributed by atoms with E-state index in [1.165, 1.54) is 5.57 Å². The van der Waals surface area contributed by atoms with Gasteiger partial charge in [-0.1, -0.05) is 119 Å². The second kappa shape index (κ2) is 17.6. The zero-order chi connectivity index (χ0) is 39.3. The Hall–Kier alpha value is -3.74. The zero-order valence-electron chi connectivity index (χ0n) is 34.2. The number of carbonyl (C=O) groups excluding carboxylic acids is 2. The van der Waals surface area contributed by atoms with Gasteiger partial charge >= 0.3 is 6.09 Å². The molecule has 2 N–H and O–H groups in total. The molecule has 2 fully saturated rings. The number of nitrogens with zero attached hydrogens (tertiary/aromatic N) is 1. The van der Waals surface area contributed by atoms with Crippen molar-refractivity contribution in [3.05, 3.63) is 107 Å². The number of rotatable bonds is 9. The van der Waals surface area contributed by atoms with Gasteiger partial charge in [-0.2, -0.15) is 0 Å². The highest BCUT2D eigenvalue weighted by Gasteiger charge is 2.58. The Balaban J connectivity index is 1.36. The van der Waals surface area contributed by atoms with Crippen LogP contribution in [0, 0.1) is 23.2 Å². The number of ether oxygens (including phenoxy) is 1. The number of hydrogen-bond donors (Lipinski definition) is 2. The molecule has 55 heavy (non-hydrogen) atoms. The van der Waals surface area contributed by atoms with Crippen molar-refractivity contribution in [1.82, 2.24) is 4.90 Å². The Labute approximate surface area is 330 Å². The van der Waals surface area contributed by atoms with Crippen LogP contribution in [0.15, 0.2) is 84.4 Å². The fourth-order valence-electron chi connectivity index (χ4n) is 10.1. The first-order valence-corrected chi connectivity index (χ1v) is 21.2. The molecule has 3 aromatic rings. The van der Waals surface area contributed by atoms with Crippen molar-refractivity contribution in [3.63, 3.8) is 0 Å². The molecule has 0 saturated heterocycles. The fourth-order valence-corrected chi connectivity index (χ4v) is 10.1. The average molecular weight is 748 g/mol. The van der Waals surface area contributed by atoms with Crippen molar-refractivity contribution < 1.29 is 24.5 Å². The van der Waals surface area contributed by atoms with Crippen LogP contribution in [0.25, 0.3) is 11.1 Å². The monoisotopic (exact) mass is 747 g/mol.